The van der Waals surface area contributed by atoms with Crippen molar-refractivity contribution >= 4 is 11.2 Å². The fourth-order valence-electron chi connectivity index (χ4n) is 2.90. The van der Waals surface area contributed by atoms with Gasteiger partial charge in [0.05, 0.1) is 32.2 Å². The topological polar surface area (TPSA) is 94.5 Å². The van der Waals surface area contributed by atoms with Gasteiger partial charge in [0.1, 0.15) is 0 Å². The highest BCUT2D eigenvalue weighted by Crippen LogP contribution is 2.07. The molecule has 0 saturated carbocycles. The van der Waals surface area contributed by atoms with Gasteiger partial charge >= 0.3 is 5.69 Å². The Hall–Kier alpha value is -1.97. The molecule has 1 N–H and O–H groups in total. The minimum absolute atomic E-state index is 0.251. The molecule has 2 aromatic rings. The molecule has 0 aromatic carbocycles. The van der Waals surface area contributed by atoms with Crippen molar-refractivity contribution in [1.29, 1.82) is 0 Å². The number of rotatable bonds is 4. The number of fused-ring (bicyclic) bond motifs is 1. The third-order valence-corrected chi connectivity index (χ3v) is 4.20. The summed E-state index contributed by atoms with van der Waals surface area (Å²) < 4.78 is 9.28. The zero-order valence-corrected chi connectivity index (χ0v) is 13.3. The normalized spacial score (nSPS) is 17.7. The third-order valence-electron chi connectivity index (χ3n) is 4.20. The van der Waals surface area contributed by atoms with E-state index in [2.05, 4.69) is 9.88 Å². The zero-order valence-electron chi connectivity index (χ0n) is 13.3. The number of imidazole rings is 1. The van der Waals surface area contributed by atoms with Crippen molar-refractivity contribution in [2.45, 2.75) is 12.6 Å². The van der Waals surface area contributed by atoms with Crippen LogP contribution in [0.4, 0.5) is 0 Å². The molecule has 9 heteroatoms. The molecule has 9 nitrogen and oxygen atoms in total. The van der Waals surface area contributed by atoms with E-state index in [4.69, 9.17) is 4.74 Å². The van der Waals surface area contributed by atoms with Crippen molar-refractivity contribution in [1.82, 2.24) is 23.6 Å². The summed E-state index contributed by atoms with van der Waals surface area (Å²) >= 11 is 0. The van der Waals surface area contributed by atoms with Gasteiger partial charge in [-0.25, -0.2) is 9.78 Å². The van der Waals surface area contributed by atoms with Gasteiger partial charge in [-0.15, -0.1) is 0 Å². The molecule has 0 spiro atoms. The molecule has 3 rings (SSSR count). The Morgan fingerprint density at radius 3 is 2.61 bits per heavy atom. The Morgan fingerprint density at radius 1 is 1.22 bits per heavy atom. The lowest BCUT2D eigenvalue weighted by molar-refractivity contribution is 0.0117. The van der Waals surface area contributed by atoms with E-state index in [9.17, 15) is 14.7 Å². The Labute approximate surface area is 132 Å². The number of hydrogen-bond donors (Lipinski definition) is 1. The van der Waals surface area contributed by atoms with Crippen molar-refractivity contribution in [3.05, 3.63) is 27.2 Å². The van der Waals surface area contributed by atoms with Gasteiger partial charge < -0.3 is 14.4 Å². The van der Waals surface area contributed by atoms with Crippen LogP contribution >= 0.6 is 0 Å². The highest BCUT2D eigenvalue weighted by molar-refractivity contribution is 5.69. The number of ether oxygens (including phenoxy) is 1. The quantitative estimate of drug-likeness (QED) is 0.708. The second-order valence-corrected chi connectivity index (χ2v) is 5.84. The van der Waals surface area contributed by atoms with Crippen LogP contribution in [0.5, 0.6) is 0 Å². The maximum absolute atomic E-state index is 12.3. The molecule has 1 atom stereocenters. The van der Waals surface area contributed by atoms with E-state index in [0.717, 1.165) is 17.7 Å². The summed E-state index contributed by atoms with van der Waals surface area (Å²) in [6.45, 7) is 3.68. The lowest BCUT2D eigenvalue weighted by Gasteiger charge is -2.28. The van der Waals surface area contributed by atoms with Gasteiger partial charge in [-0.05, 0) is 0 Å². The summed E-state index contributed by atoms with van der Waals surface area (Å²) in [5, 5.41) is 10.3. The van der Waals surface area contributed by atoms with Crippen LogP contribution in [0.1, 0.15) is 0 Å². The van der Waals surface area contributed by atoms with E-state index in [1.54, 1.807) is 11.6 Å². The lowest BCUT2D eigenvalue weighted by Crippen LogP contribution is -2.42. The number of nitrogens with zero attached hydrogens (tertiary/aromatic N) is 5. The van der Waals surface area contributed by atoms with Crippen molar-refractivity contribution < 1.29 is 9.84 Å². The summed E-state index contributed by atoms with van der Waals surface area (Å²) in [7, 11) is 3.01. The average molecular weight is 323 g/mol. The predicted octanol–water partition coefficient (Wildman–Crippen LogP) is -1.87. The number of hydrogen-bond acceptors (Lipinski definition) is 6. The molecule has 0 radical (unpaired) electrons. The molecule has 1 fully saturated rings. The molecule has 1 saturated heterocycles. The molecule has 0 unspecified atom stereocenters. The Kier molecular flexibility index (Phi) is 4.33. The lowest BCUT2D eigenvalue weighted by atomic mass is 10.3. The fraction of sp³-hybridized carbons (Fsp3) is 0.643. The van der Waals surface area contributed by atoms with E-state index >= 15 is 0 Å². The fourth-order valence-corrected chi connectivity index (χ4v) is 2.90. The molecular weight excluding hydrogens is 302 g/mol. The van der Waals surface area contributed by atoms with Gasteiger partial charge in [0.15, 0.2) is 11.2 Å². The Balaban J connectivity index is 1.86. The number of aryl methyl sites for hydroxylation is 1. The molecule has 1 aliphatic rings. The maximum Gasteiger partial charge on any atom is 0.332 e. The summed E-state index contributed by atoms with van der Waals surface area (Å²) in [6, 6.07) is 0. The van der Waals surface area contributed by atoms with E-state index in [1.807, 2.05) is 0 Å². The van der Waals surface area contributed by atoms with Crippen molar-refractivity contribution in [3.8, 4) is 0 Å². The first-order valence-electron chi connectivity index (χ1n) is 7.58. The average Bonchev–Trinajstić information content (AvgIpc) is 2.95. The minimum atomic E-state index is -0.632. The van der Waals surface area contributed by atoms with Crippen LogP contribution in [0.15, 0.2) is 15.9 Å². The molecule has 126 valence electrons. The number of aromatic nitrogens is 4. The first-order chi connectivity index (χ1) is 11.0. The minimum Gasteiger partial charge on any atom is -0.390 e. The molecule has 3 heterocycles. The molecule has 2 aromatic heterocycles. The number of aliphatic hydroxyl groups is 1. The third kappa shape index (κ3) is 2.94. The van der Waals surface area contributed by atoms with Crippen LogP contribution in [0.3, 0.4) is 0 Å². The second kappa shape index (κ2) is 6.26. The van der Waals surface area contributed by atoms with E-state index in [0.29, 0.717) is 30.9 Å². The molecular formula is C14H21N5O4. The van der Waals surface area contributed by atoms with Crippen LogP contribution in [0.2, 0.25) is 0 Å². The largest absolute Gasteiger partial charge is 0.390 e. The van der Waals surface area contributed by atoms with Crippen LogP contribution in [-0.2, 0) is 25.4 Å². The van der Waals surface area contributed by atoms with Gasteiger partial charge in [0.2, 0.25) is 0 Å². The molecule has 0 amide bonds. The van der Waals surface area contributed by atoms with Crippen molar-refractivity contribution in [3.63, 3.8) is 0 Å². The summed E-state index contributed by atoms with van der Waals surface area (Å²) in [5.41, 5.74) is -0.159. The molecule has 23 heavy (non-hydrogen) atoms. The Morgan fingerprint density at radius 2 is 1.91 bits per heavy atom. The molecule has 0 bridgehead atoms. The summed E-state index contributed by atoms with van der Waals surface area (Å²) in [4.78, 5) is 30.5. The van der Waals surface area contributed by atoms with Crippen molar-refractivity contribution in [2.24, 2.45) is 14.1 Å². The first kappa shape index (κ1) is 15.9. The van der Waals surface area contributed by atoms with Crippen LogP contribution in [0.25, 0.3) is 11.2 Å². The standard InChI is InChI=1S/C14H21N5O4/c1-16-12-11(13(21)17(2)14(16)22)19(9-15-12)8-10(20)7-18-3-5-23-6-4-18/h9-10,20H,3-8H2,1-2H3/t10-/m0/s1. The van der Waals surface area contributed by atoms with Crippen LogP contribution in [-0.4, -0.2) is 67.6 Å². The van der Waals surface area contributed by atoms with Gasteiger partial charge in [-0.3, -0.25) is 18.8 Å². The monoisotopic (exact) mass is 323 g/mol. The number of morpholine rings is 1. The first-order valence-corrected chi connectivity index (χ1v) is 7.58. The number of β-amino-alcohol motifs (C(OH)–C–C–N with tert-alkyl or cyclic N) is 1. The smallest absolute Gasteiger partial charge is 0.332 e. The van der Waals surface area contributed by atoms with Crippen molar-refractivity contribution in [2.75, 3.05) is 32.8 Å². The maximum atomic E-state index is 12.3. The molecule has 1 aliphatic heterocycles. The van der Waals surface area contributed by atoms with E-state index in [-0.39, 0.29) is 6.54 Å². The number of aliphatic hydroxyl groups excluding tert-OH is 1. The van der Waals surface area contributed by atoms with Crippen LogP contribution in [0, 0.1) is 0 Å². The van der Waals surface area contributed by atoms with Gasteiger partial charge in [-0.2, -0.15) is 0 Å². The SMILES string of the molecule is Cn1c(=O)c2c(ncn2C[C@@H](O)CN2CCOCC2)n(C)c1=O. The van der Waals surface area contributed by atoms with E-state index in [1.165, 1.54) is 17.9 Å². The van der Waals surface area contributed by atoms with Crippen LogP contribution < -0.4 is 11.2 Å². The molecule has 0 aliphatic carbocycles. The second-order valence-electron chi connectivity index (χ2n) is 5.84. The highest BCUT2D eigenvalue weighted by Gasteiger charge is 2.19. The highest BCUT2D eigenvalue weighted by atomic mass is 16.5. The zero-order chi connectivity index (χ0) is 16.6. The van der Waals surface area contributed by atoms with Gasteiger partial charge in [0, 0.05) is 33.7 Å². The van der Waals surface area contributed by atoms with Gasteiger partial charge in [-0.1, -0.05) is 0 Å². The summed E-state index contributed by atoms with van der Waals surface area (Å²) in [5.74, 6) is 0. The Bertz CT molecular complexity index is 815. The predicted molar refractivity (Wildman–Crippen MR) is 83.5 cm³/mol. The van der Waals surface area contributed by atoms with Gasteiger partial charge in [0.25, 0.3) is 5.56 Å². The summed E-state index contributed by atoms with van der Waals surface area (Å²) in [6.07, 6.45) is 0.862. The van der Waals surface area contributed by atoms with E-state index < -0.39 is 17.4 Å².